The first-order chi connectivity index (χ1) is 8.56. The molecule has 3 heteroatoms. The molecule has 0 saturated carbocycles. The Bertz CT molecular complexity index is 364. The maximum absolute atomic E-state index is 14.0. The fourth-order valence-corrected chi connectivity index (χ4v) is 1.95. The maximum Gasteiger partial charge on any atom is 0.146 e. The number of anilines is 1. The van der Waals surface area contributed by atoms with Crippen LogP contribution in [0.25, 0.3) is 0 Å². The number of halogens is 1. The lowest BCUT2D eigenvalue weighted by Crippen LogP contribution is -2.24. The minimum atomic E-state index is -0.128. The van der Waals surface area contributed by atoms with Gasteiger partial charge in [0, 0.05) is 20.1 Å². The Labute approximate surface area is 110 Å². The summed E-state index contributed by atoms with van der Waals surface area (Å²) in [6.45, 7) is 8.93. The molecule has 1 N–H and O–H groups in total. The molecule has 1 aromatic carbocycles. The van der Waals surface area contributed by atoms with E-state index < -0.39 is 0 Å². The fourth-order valence-electron chi connectivity index (χ4n) is 1.95. The molecule has 2 nitrogen and oxygen atoms in total. The van der Waals surface area contributed by atoms with Crippen molar-refractivity contribution < 1.29 is 4.39 Å². The lowest BCUT2D eigenvalue weighted by atomic mass is 10.1. The van der Waals surface area contributed by atoms with Crippen LogP contribution >= 0.6 is 0 Å². The van der Waals surface area contributed by atoms with Crippen molar-refractivity contribution in [2.24, 2.45) is 5.92 Å². The summed E-state index contributed by atoms with van der Waals surface area (Å²) in [7, 11) is 1.97. The zero-order valence-corrected chi connectivity index (χ0v) is 12.0. The molecular weight excluding hydrogens is 227 g/mol. The van der Waals surface area contributed by atoms with Crippen molar-refractivity contribution in [2.75, 3.05) is 25.0 Å². The van der Waals surface area contributed by atoms with Crippen LogP contribution in [0.15, 0.2) is 18.2 Å². The Balaban J connectivity index is 2.83. The highest BCUT2D eigenvalue weighted by atomic mass is 19.1. The fraction of sp³-hybridized carbons (Fsp3) is 0.600. The largest absolute Gasteiger partial charge is 0.372 e. The second kappa shape index (κ2) is 7.37. The molecule has 0 fully saturated rings. The molecule has 0 spiro atoms. The van der Waals surface area contributed by atoms with Gasteiger partial charge in [-0.05, 0) is 30.5 Å². The molecule has 0 aliphatic heterocycles. The van der Waals surface area contributed by atoms with E-state index in [9.17, 15) is 4.39 Å². The number of nitrogens with one attached hydrogen (secondary N) is 1. The maximum atomic E-state index is 14.0. The first-order valence-corrected chi connectivity index (χ1v) is 6.75. The van der Waals surface area contributed by atoms with Crippen LogP contribution in [0.2, 0.25) is 0 Å². The van der Waals surface area contributed by atoms with E-state index in [1.54, 1.807) is 6.07 Å². The third kappa shape index (κ3) is 4.30. The van der Waals surface area contributed by atoms with Gasteiger partial charge in [-0.1, -0.05) is 32.9 Å². The van der Waals surface area contributed by atoms with E-state index in [0.717, 1.165) is 37.3 Å². The minimum absolute atomic E-state index is 0.128. The van der Waals surface area contributed by atoms with Gasteiger partial charge in [0.05, 0.1) is 5.69 Å². The number of nitrogens with zero attached hydrogens (tertiary/aromatic N) is 1. The molecule has 0 aromatic heterocycles. The topological polar surface area (TPSA) is 15.3 Å². The van der Waals surface area contributed by atoms with Crippen molar-refractivity contribution in [3.05, 3.63) is 29.6 Å². The smallest absolute Gasteiger partial charge is 0.146 e. The highest BCUT2D eigenvalue weighted by molar-refractivity contribution is 5.54. The lowest BCUT2D eigenvalue weighted by Gasteiger charge is -2.24. The summed E-state index contributed by atoms with van der Waals surface area (Å²) < 4.78 is 14.0. The first-order valence-electron chi connectivity index (χ1n) is 6.75. The van der Waals surface area contributed by atoms with Crippen molar-refractivity contribution in [2.45, 2.75) is 33.7 Å². The third-order valence-corrected chi connectivity index (χ3v) is 3.06. The van der Waals surface area contributed by atoms with Crippen molar-refractivity contribution in [1.29, 1.82) is 0 Å². The van der Waals surface area contributed by atoms with E-state index in [4.69, 9.17) is 0 Å². The second-order valence-electron chi connectivity index (χ2n) is 5.13. The summed E-state index contributed by atoms with van der Waals surface area (Å²) in [5, 5.41) is 3.26. The zero-order chi connectivity index (χ0) is 13.5. The number of rotatable bonds is 7. The van der Waals surface area contributed by atoms with Crippen LogP contribution in [0.5, 0.6) is 0 Å². The van der Waals surface area contributed by atoms with Crippen LogP contribution < -0.4 is 10.2 Å². The standard InChI is InChI=1S/C15H25FN2/c1-5-17-11-13-7-6-8-14(16)15(13)18(4)10-9-12(2)3/h6-8,12,17H,5,9-11H2,1-4H3. The quantitative estimate of drug-likeness (QED) is 0.800. The van der Waals surface area contributed by atoms with Gasteiger partial charge in [0.1, 0.15) is 5.82 Å². The van der Waals surface area contributed by atoms with Gasteiger partial charge >= 0.3 is 0 Å². The molecule has 0 bridgehead atoms. The van der Waals surface area contributed by atoms with Crippen LogP contribution in [0.4, 0.5) is 10.1 Å². The summed E-state index contributed by atoms with van der Waals surface area (Å²) in [5.41, 5.74) is 1.77. The van der Waals surface area contributed by atoms with Gasteiger partial charge in [-0.25, -0.2) is 4.39 Å². The molecule has 0 aliphatic carbocycles. The molecule has 0 heterocycles. The Kier molecular flexibility index (Phi) is 6.13. The van der Waals surface area contributed by atoms with E-state index in [0.29, 0.717) is 5.92 Å². The lowest BCUT2D eigenvalue weighted by molar-refractivity contribution is 0.571. The molecule has 0 saturated heterocycles. The van der Waals surface area contributed by atoms with Gasteiger partial charge in [-0.2, -0.15) is 0 Å². The van der Waals surface area contributed by atoms with Crippen LogP contribution in [0.3, 0.4) is 0 Å². The molecule has 0 aliphatic rings. The zero-order valence-electron chi connectivity index (χ0n) is 12.0. The van der Waals surface area contributed by atoms with Crippen LogP contribution in [0.1, 0.15) is 32.8 Å². The predicted octanol–water partition coefficient (Wildman–Crippen LogP) is 3.42. The normalized spacial score (nSPS) is 11.0. The van der Waals surface area contributed by atoms with Gasteiger partial charge in [-0.3, -0.25) is 0 Å². The Hall–Kier alpha value is -1.09. The van der Waals surface area contributed by atoms with E-state index in [-0.39, 0.29) is 5.82 Å². The van der Waals surface area contributed by atoms with Crippen molar-refractivity contribution in [3.8, 4) is 0 Å². The molecular formula is C15H25FN2. The van der Waals surface area contributed by atoms with E-state index >= 15 is 0 Å². The minimum Gasteiger partial charge on any atom is -0.372 e. The molecule has 1 aromatic rings. The predicted molar refractivity (Wildman–Crippen MR) is 76.5 cm³/mol. The van der Waals surface area contributed by atoms with Gasteiger partial charge in [0.25, 0.3) is 0 Å². The van der Waals surface area contributed by atoms with Gasteiger partial charge in [0.15, 0.2) is 0 Å². The number of para-hydroxylation sites is 1. The molecule has 18 heavy (non-hydrogen) atoms. The van der Waals surface area contributed by atoms with E-state index in [1.807, 2.05) is 18.0 Å². The highest BCUT2D eigenvalue weighted by Gasteiger charge is 2.12. The third-order valence-electron chi connectivity index (χ3n) is 3.06. The van der Waals surface area contributed by atoms with Gasteiger partial charge in [-0.15, -0.1) is 0 Å². The number of hydrogen-bond acceptors (Lipinski definition) is 2. The monoisotopic (exact) mass is 252 g/mol. The summed E-state index contributed by atoms with van der Waals surface area (Å²) in [6.07, 6.45) is 1.07. The molecule has 0 amide bonds. The molecule has 1 rings (SSSR count). The van der Waals surface area contributed by atoms with Gasteiger partial charge in [0.2, 0.25) is 0 Å². The highest BCUT2D eigenvalue weighted by Crippen LogP contribution is 2.24. The summed E-state index contributed by atoms with van der Waals surface area (Å²) in [6, 6.07) is 5.31. The molecule has 102 valence electrons. The average molecular weight is 252 g/mol. The Morgan fingerprint density at radius 3 is 2.67 bits per heavy atom. The Morgan fingerprint density at radius 1 is 1.33 bits per heavy atom. The summed E-state index contributed by atoms with van der Waals surface area (Å²) in [4.78, 5) is 2.03. The molecule has 0 atom stereocenters. The second-order valence-corrected chi connectivity index (χ2v) is 5.13. The number of benzene rings is 1. The van der Waals surface area contributed by atoms with Crippen LogP contribution in [-0.4, -0.2) is 20.1 Å². The van der Waals surface area contributed by atoms with Crippen molar-refractivity contribution in [1.82, 2.24) is 5.32 Å². The summed E-state index contributed by atoms with van der Waals surface area (Å²) >= 11 is 0. The first kappa shape index (κ1) is 15.0. The van der Waals surface area contributed by atoms with Crippen molar-refractivity contribution >= 4 is 5.69 Å². The van der Waals surface area contributed by atoms with Gasteiger partial charge < -0.3 is 10.2 Å². The van der Waals surface area contributed by atoms with E-state index in [2.05, 4.69) is 26.1 Å². The van der Waals surface area contributed by atoms with Crippen molar-refractivity contribution in [3.63, 3.8) is 0 Å². The molecule has 0 unspecified atom stereocenters. The average Bonchev–Trinajstić information content (AvgIpc) is 2.33. The Morgan fingerprint density at radius 2 is 2.06 bits per heavy atom. The van der Waals surface area contributed by atoms with E-state index in [1.165, 1.54) is 6.07 Å². The summed E-state index contributed by atoms with van der Waals surface area (Å²) in [5.74, 6) is 0.507. The van der Waals surface area contributed by atoms with Crippen LogP contribution in [-0.2, 0) is 6.54 Å². The molecule has 0 radical (unpaired) electrons. The number of hydrogen-bond donors (Lipinski definition) is 1. The van der Waals surface area contributed by atoms with Crippen LogP contribution in [0, 0.1) is 11.7 Å². The SMILES string of the molecule is CCNCc1cccc(F)c1N(C)CCC(C)C.